The number of aliphatic hydroxyl groups excluding tert-OH is 1. The Labute approximate surface area is 117 Å². The van der Waals surface area contributed by atoms with Crippen LogP contribution in [-0.2, 0) is 9.59 Å². The third-order valence-corrected chi connectivity index (χ3v) is 3.75. The molecule has 2 atom stereocenters. The van der Waals surface area contributed by atoms with Gasteiger partial charge < -0.3 is 15.3 Å². The van der Waals surface area contributed by atoms with E-state index in [4.69, 9.17) is 5.11 Å². The minimum atomic E-state index is -1.48. The first-order chi connectivity index (χ1) is 9.14. The largest absolute Gasteiger partial charge is 0.478 e. The highest BCUT2D eigenvalue weighted by Gasteiger charge is 2.49. The van der Waals surface area contributed by atoms with Crippen LogP contribution in [0.5, 0.6) is 0 Å². The van der Waals surface area contributed by atoms with Gasteiger partial charge in [-0.25, -0.2) is 4.79 Å². The van der Waals surface area contributed by atoms with Gasteiger partial charge in [0.15, 0.2) is 5.78 Å². The van der Waals surface area contributed by atoms with E-state index in [1.54, 1.807) is 20.8 Å². The van der Waals surface area contributed by atoms with E-state index in [0.29, 0.717) is 11.1 Å². The number of hydrogen-bond donors (Lipinski definition) is 3. The summed E-state index contributed by atoms with van der Waals surface area (Å²) in [6.07, 6.45) is 5.33. The molecule has 0 saturated heterocycles. The van der Waals surface area contributed by atoms with Crippen molar-refractivity contribution in [1.29, 1.82) is 0 Å². The third-order valence-electron chi connectivity index (χ3n) is 3.75. The monoisotopic (exact) mass is 280 g/mol. The number of aliphatic carboxylic acids is 1. The summed E-state index contributed by atoms with van der Waals surface area (Å²) in [5, 5.41) is 29.0. The van der Waals surface area contributed by atoms with E-state index in [2.05, 4.69) is 0 Å². The lowest BCUT2D eigenvalue weighted by atomic mass is 9.64. The number of aliphatic hydroxyl groups is 2. The molecule has 0 radical (unpaired) electrons. The topological polar surface area (TPSA) is 94.8 Å². The second kappa shape index (κ2) is 5.73. The number of ketones is 1. The molecule has 0 aromatic rings. The van der Waals surface area contributed by atoms with E-state index >= 15 is 0 Å². The highest BCUT2D eigenvalue weighted by molar-refractivity contribution is 5.93. The molecule has 0 bridgehead atoms. The van der Waals surface area contributed by atoms with E-state index in [0.717, 1.165) is 6.08 Å². The van der Waals surface area contributed by atoms with Crippen LogP contribution < -0.4 is 0 Å². The third kappa shape index (κ3) is 3.05. The molecule has 5 nitrogen and oxygen atoms in total. The average Bonchev–Trinajstić information content (AvgIpc) is 2.33. The first-order valence-electron chi connectivity index (χ1n) is 6.30. The molecule has 3 N–H and O–H groups in total. The molecule has 0 aromatic carbocycles. The van der Waals surface area contributed by atoms with E-state index in [-0.39, 0.29) is 18.8 Å². The molecule has 0 unspecified atom stereocenters. The van der Waals surface area contributed by atoms with Crippen LogP contribution in [0.25, 0.3) is 0 Å². The molecule has 1 rings (SSSR count). The molecule has 20 heavy (non-hydrogen) atoms. The zero-order valence-electron chi connectivity index (χ0n) is 11.9. The zero-order valence-corrected chi connectivity index (χ0v) is 11.9. The van der Waals surface area contributed by atoms with Crippen molar-refractivity contribution >= 4 is 11.8 Å². The maximum absolute atomic E-state index is 11.6. The molecule has 1 aliphatic rings. The normalized spacial score (nSPS) is 31.6. The summed E-state index contributed by atoms with van der Waals surface area (Å²) in [6, 6.07) is 0. The molecule has 0 aliphatic heterocycles. The number of carboxylic acids is 1. The van der Waals surface area contributed by atoms with Gasteiger partial charge >= 0.3 is 5.97 Å². The van der Waals surface area contributed by atoms with Crippen molar-refractivity contribution in [2.24, 2.45) is 5.41 Å². The van der Waals surface area contributed by atoms with Crippen LogP contribution in [0.2, 0.25) is 0 Å². The standard InChI is InChI=1S/C15H20O5/c1-10(6-13(18)19)4-5-15(20)11(2)7-12(17)8-14(15,3)9-16/h4-7,16,20H,8-9H2,1-3H3,(H,18,19)/b5-4+,10-6-/t14-,15-/m1/s1. The Morgan fingerprint density at radius 3 is 2.60 bits per heavy atom. The van der Waals surface area contributed by atoms with Gasteiger partial charge in [-0.3, -0.25) is 4.79 Å². The highest BCUT2D eigenvalue weighted by atomic mass is 16.4. The second-order valence-electron chi connectivity index (χ2n) is 5.52. The average molecular weight is 280 g/mol. The summed E-state index contributed by atoms with van der Waals surface area (Å²) >= 11 is 0. The predicted octanol–water partition coefficient (Wildman–Crippen LogP) is 1.22. The smallest absolute Gasteiger partial charge is 0.328 e. The van der Waals surface area contributed by atoms with Gasteiger partial charge in [-0.15, -0.1) is 0 Å². The van der Waals surface area contributed by atoms with Gasteiger partial charge in [-0.05, 0) is 37.1 Å². The predicted molar refractivity (Wildman–Crippen MR) is 74.1 cm³/mol. The maximum atomic E-state index is 11.6. The Balaban J connectivity index is 3.22. The zero-order chi connectivity index (χ0) is 15.6. The molecule has 0 saturated carbocycles. The van der Waals surface area contributed by atoms with Crippen LogP contribution in [0.3, 0.4) is 0 Å². The Hall–Kier alpha value is -1.72. The number of rotatable bonds is 4. The fourth-order valence-corrected chi connectivity index (χ4v) is 2.40. The summed E-state index contributed by atoms with van der Waals surface area (Å²) in [5.41, 5.74) is -1.62. The van der Waals surface area contributed by atoms with E-state index in [9.17, 15) is 19.8 Å². The molecular formula is C15H20O5. The van der Waals surface area contributed by atoms with Crippen LogP contribution in [0.1, 0.15) is 27.2 Å². The minimum Gasteiger partial charge on any atom is -0.478 e. The molecule has 110 valence electrons. The summed E-state index contributed by atoms with van der Waals surface area (Å²) in [5.74, 6) is -1.22. The highest BCUT2D eigenvalue weighted by Crippen LogP contribution is 2.44. The summed E-state index contributed by atoms with van der Waals surface area (Å²) in [4.78, 5) is 22.2. The van der Waals surface area contributed by atoms with Crippen molar-refractivity contribution in [1.82, 2.24) is 0 Å². The number of carboxylic acid groups (broad SMARTS) is 1. The van der Waals surface area contributed by atoms with Gasteiger partial charge in [-0.1, -0.05) is 13.0 Å². The van der Waals surface area contributed by atoms with Crippen molar-refractivity contribution < 1.29 is 24.9 Å². The Morgan fingerprint density at radius 1 is 1.50 bits per heavy atom. The van der Waals surface area contributed by atoms with E-state index < -0.39 is 17.0 Å². The van der Waals surface area contributed by atoms with Crippen LogP contribution >= 0.6 is 0 Å². The summed E-state index contributed by atoms with van der Waals surface area (Å²) < 4.78 is 0. The lowest BCUT2D eigenvalue weighted by molar-refractivity contribution is -0.131. The van der Waals surface area contributed by atoms with E-state index in [1.165, 1.54) is 18.2 Å². The first kappa shape index (κ1) is 16.3. The van der Waals surface area contributed by atoms with Gasteiger partial charge in [0.25, 0.3) is 0 Å². The molecule has 0 fully saturated rings. The number of hydrogen-bond acceptors (Lipinski definition) is 4. The van der Waals surface area contributed by atoms with Crippen molar-refractivity contribution in [2.75, 3.05) is 6.61 Å². The van der Waals surface area contributed by atoms with Crippen molar-refractivity contribution in [3.63, 3.8) is 0 Å². The minimum absolute atomic E-state index is 0.0311. The first-order valence-corrected chi connectivity index (χ1v) is 6.30. The summed E-state index contributed by atoms with van der Waals surface area (Å²) in [6.45, 7) is 4.48. The molecule has 5 heteroatoms. The molecular weight excluding hydrogens is 260 g/mol. The Morgan fingerprint density at radius 2 is 2.10 bits per heavy atom. The number of allylic oxidation sites excluding steroid dienone is 3. The summed E-state index contributed by atoms with van der Waals surface area (Å²) in [7, 11) is 0. The van der Waals surface area contributed by atoms with Crippen molar-refractivity contribution in [3.8, 4) is 0 Å². The lowest BCUT2D eigenvalue weighted by Crippen LogP contribution is -2.52. The van der Waals surface area contributed by atoms with Gasteiger partial charge in [0, 0.05) is 17.9 Å². The SMILES string of the molecule is CC1=CC(=O)C[C@](C)(CO)[C@@]1(O)/C=C/C(C)=C\C(=O)O. The lowest BCUT2D eigenvalue weighted by Gasteiger charge is -2.45. The molecule has 0 heterocycles. The van der Waals surface area contributed by atoms with Gasteiger partial charge in [0.2, 0.25) is 0 Å². The Kier molecular flexibility index (Phi) is 4.68. The molecule has 0 spiro atoms. The molecule has 0 aromatic heterocycles. The molecule has 1 aliphatic carbocycles. The van der Waals surface area contributed by atoms with Crippen LogP contribution in [-0.4, -0.2) is 39.3 Å². The maximum Gasteiger partial charge on any atom is 0.328 e. The van der Waals surface area contributed by atoms with Crippen LogP contribution in [0.15, 0.2) is 35.5 Å². The van der Waals surface area contributed by atoms with Gasteiger partial charge in [-0.2, -0.15) is 0 Å². The van der Waals surface area contributed by atoms with E-state index in [1.807, 2.05) is 0 Å². The molecule has 0 amide bonds. The van der Waals surface area contributed by atoms with Gasteiger partial charge in [0.1, 0.15) is 5.60 Å². The number of carbonyl (C=O) groups excluding carboxylic acids is 1. The fourth-order valence-electron chi connectivity index (χ4n) is 2.40. The van der Waals surface area contributed by atoms with Crippen molar-refractivity contribution in [2.45, 2.75) is 32.8 Å². The van der Waals surface area contributed by atoms with Gasteiger partial charge in [0.05, 0.1) is 6.61 Å². The number of carbonyl (C=O) groups is 2. The quantitative estimate of drug-likeness (QED) is 0.531. The second-order valence-corrected chi connectivity index (χ2v) is 5.52. The van der Waals surface area contributed by atoms with Crippen LogP contribution in [0.4, 0.5) is 0 Å². The van der Waals surface area contributed by atoms with Crippen molar-refractivity contribution in [3.05, 3.63) is 35.5 Å². The fraction of sp³-hybridized carbons (Fsp3) is 0.467. The Bertz CT molecular complexity index is 514. The van der Waals surface area contributed by atoms with Crippen LogP contribution in [0, 0.1) is 5.41 Å².